The van der Waals surface area contributed by atoms with E-state index in [9.17, 15) is 40.7 Å². The van der Waals surface area contributed by atoms with Gasteiger partial charge in [-0.05, 0) is 37.0 Å². The number of primary amides is 1. The molecule has 8 nitrogen and oxygen atoms in total. The van der Waals surface area contributed by atoms with Crippen molar-refractivity contribution in [3.8, 4) is 0 Å². The maximum absolute atomic E-state index is 13.7. The Morgan fingerprint density at radius 3 is 2.40 bits per heavy atom. The molecule has 2 aliphatic rings. The van der Waals surface area contributed by atoms with E-state index in [2.05, 4.69) is 5.32 Å². The normalized spacial score (nSPS) is 18.4. The third-order valence-corrected chi connectivity index (χ3v) is 5.83. The van der Waals surface area contributed by atoms with Gasteiger partial charge in [0.05, 0.1) is 24.4 Å². The number of hydrogen-bond donors (Lipinski definition) is 2. The number of carbonyl (C=O) groups excluding carboxylic acids is 3. The van der Waals surface area contributed by atoms with Gasteiger partial charge >= 0.3 is 12.4 Å². The Hall–Kier alpha value is -2.87. The fraction of sp³-hybridized carbons (Fsp3) is 0.571. The van der Waals surface area contributed by atoms with Crippen LogP contribution >= 0.6 is 0 Å². The van der Waals surface area contributed by atoms with E-state index in [1.807, 2.05) is 0 Å². The van der Waals surface area contributed by atoms with Crippen LogP contribution in [0.5, 0.6) is 0 Å². The van der Waals surface area contributed by atoms with E-state index in [4.69, 9.17) is 10.5 Å². The van der Waals surface area contributed by atoms with Gasteiger partial charge in [-0.15, -0.1) is 0 Å². The van der Waals surface area contributed by atoms with E-state index in [1.54, 1.807) is 0 Å². The third kappa shape index (κ3) is 6.84. The van der Waals surface area contributed by atoms with E-state index in [-0.39, 0.29) is 25.6 Å². The van der Waals surface area contributed by atoms with Crippen molar-refractivity contribution in [1.82, 2.24) is 4.90 Å². The van der Waals surface area contributed by atoms with Gasteiger partial charge in [0.15, 0.2) is 6.04 Å². The number of amides is 3. The molecule has 1 aromatic carbocycles. The zero-order valence-electron chi connectivity index (χ0n) is 18.4. The Kier molecular flexibility index (Phi) is 7.94. The minimum absolute atomic E-state index is 0.0256. The van der Waals surface area contributed by atoms with Crippen LogP contribution < -0.4 is 16.0 Å². The second-order valence-corrected chi connectivity index (χ2v) is 8.46. The van der Waals surface area contributed by atoms with Gasteiger partial charge in [0, 0.05) is 18.8 Å². The molecule has 0 radical (unpaired) electrons. The van der Waals surface area contributed by atoms with Gasteiger partial charge in [-0.25, -0.2) is 0 Å². The van der Waals surface area contributed by atoms with Crippen LogP contribution in [-0.4, -0.2) is 67.7 Å². The molecule has 0 unspecified atom stereocenters. The smallest absolute Gasteiger partial charge is 0.370 e. The number of nitrogens with two attached hydrogens (primary N) is 1. The fourth-order valence-electron chi connectivity index (χ4n) is 4.03. The van der Waals surface area contributed by atoms with Crippen molar-refractivity contribution in [2.45, 2.75) is 37.7 Å². The molecule has 14 heteroatoms. The lowest BCUT2D eigenvalue weighted by atomic mass is 9.84. The third-order valence-electron chi connectivity index (χ3n) is 5.83. The molecule has 35 heavy (non-hydrogen) atoms. The zero-order chi connectivity index (χ0) is 26.0. The summed E-state index contributed by atoms with van der Waals surface area (Å²) in [6.07, 6.45) is -7.62. The van der Waals surface area contributed by atoms with Crippen LogP contribution in [0.2, 0.25) is 0 Å². The highest BCUT2D eigenvalue weighted by atomic mass is 19.4. The SMILES string of the molecule is NC(=O)[C@@H](C(=O)Nc1ccc(N2CCOCC2=O)c(C(F)(F)F)c1)N(CC1CCC1)CC(F)(F)F. The number of hydrogen-bond acceptors (Lipinski definition) is 5. The Morgan fingerprint density at radius 1 is 1.20 bits per heavy atom. The predicted molar refractivity (Wildman–Crippen MR) is 111 cm³/mol. The Morgan fingerprint density at radius 2 is 1.89 bits per heavy atom. The summed E-state index contributed by atoms with van der Waals surface area (Å²) in [7, 11) is 0. The molecule has 0 spiro atoms. The highest BCUT2D eigenvalue weighted by Gasteiger charge is 2.41. The van der Waals surface area contributed by atoms with Gasteiger partial charge in [-0.2, -0.15) is 26.3 Å². The molecule has 3 N–H and O–H groups in total. The molecule has 1 atom stereocenters. The lowest BCUT2D eigenvalue weighted by Crippen LogP contribution is -2.56. The molecule has 194 valence electrons. The Balaban J connectivity index is 1.87. The van der Waals surface area contributed by atoms with Crippen molar-refractivity contribution in [3.63, 3.8) is 0 Å². The molecule has 1 aliphatic carbocycles. The Bertz CT molecular complexity index is 964. The number of ether oxygens (including phenoxy) is 1. The van der Waals surface area contributed by atoms with Gasteiger partial charge in [-0.1, -0.05) is 6.42 Å². The van der Waals surface area contributed by atoms with E-state index in [0.29, 0.717) is 23.8 Å². The minimum Gasteiger partial charge on any atom is -0.370 e. The van der Waals surface area contributed by atoms with Gasteiger partial charge in [0.25, 0.3) is 11.8 Å². The van der Waals surface area contributed by atoms with Gasteiger partial charge in [0.1, 0.15) is 6.61 Å². The number of nitrogens with one attached hydrogen (secondary N) is 1. The first-order chi connectivity index (χ1) is 16.3. The summed E-state index contributed by atoms with van der Waals surface area (Å²) in [6, 6.07) is 0.521. The average Bonchev–Trinajstić information content (AvgIpc) is 2.69. The summed E-state index contributed by atoms with van der Waals surface area (Å²) in [5.41, 5.74) is 3.11. The molecule has 0 aromatic heterocycles. The number of halogens is 6. The molecule has 2 fully saturated rings. The van der Waals surface area contributed by atoms with Gasteiger partial charge in [0.2, 0.25) is 5.91 Å². The van der Waals surface area contributed by atoms with Crippen molar-refractivity contribution in [3.05, 3.63) is 23.8 Å². The maximum Gasteiger partial charge on any atom is 0.418 e. The maximum atomic E-state index is 13.7. The van der Waals surface area contributed by atoms with Crippen LogP contribution in [0.15, 0.2) is 18.2 Å². The van der Waals surface area contributed by atoms with Crippen LogP contribution in [0, 0.1) is 5.92 Å². The van der Waals surface area contributed by atoms with Crippen LogP contribution in [0.1, 0.15) is 24.8 Å². The standard InChI is InChI=1S/C21H24F6N4O4/c22-20(23,24)11-30(9-12-2-1-3-12)17(18(28)33)19(34)29-13-4-5-15(14(8-13)21(25,26)27)31-6-7-35-10-16(31)32/h4-5,8,12,17H,1-3,6-7,9-11H2,(H2,28,33)(H,29,34)/t17-/m0/s1. The zero-order valence-corrected chi connectivity index (χ0v) is 18.4. The first-order valence-corrected chi connectivity index (χ1v) is 10.8. The van der Waals surface area contributed by atoms with Crippen LogP contribution in [0.4, 0.5) is 37.7 Å². The quantitative estimate of drug-likeness (QED) is 0.413. The van der Waals surface area contributed by atoms with E-state index >= 15 is 0 Å². The molecule has 1 saturated carbocycles. The largest absolute Gasteiger partial charge is 0.418 e. The average molecular weight is 510 g/mol. The summed E-state index contributed by atoms with van der Waals surface area (Å²) < 4.78 is 85.6. The van der Waals surface area contributed by atoms with Crippen LogP contribution in [0.3, 0.4) is 0 Å². The molecular weight excluding hydrogens is 486 g/mol. The molecule has 1 aromatic rings. The molecular formula is C21H24F6N4O4. The summed E-state index contributed by atoms with van der Waals surface area (Å²) >= 11 is 0. The second-order valence-electron chi connectivity index (χ2n) is 8.46. The summed E-state index contributed by atoms with van der Waals surface area (Å²) in [5, 5.41) is 2.08. The van der Waals surface area contributed by atoms with Crippen molar-refractivity contribution in [2.75, 3.05) is 43.1 Å². The molecule has 3 amide bonds. The van der Waals surface area contributed by atoms with Gasteiger partial charge in [-0.3, -0.25) is 19.3 Å². The van der Waals surface area contributed by atoms with Crippen molar-refractivity contribution >= 4 is 29.1 Å². The summed E-state index contributed by atoms with van der Waals surface area (Å²) in [4.78, 5) is 38.3. The lowest BCUT2D eigenvalue weighted by Gasteiger charge is -2.35. The lowest BCUT2D eigenvalue weighted by molar-refractivity contribution is -0.159. The molecule has 3 rings (SSSR count). The van der Waals surface area contributed by atoms with Crippen LogP contribution in [0.25, 0.3) is 0 Å². The number of anilines is 2. The number of alkyl halides is 6. The fourth-order valence-corrected chi connectivity index (χ4v) is 4.03. The second kappa shape index (κ2) is 10.4. The Labute approximate surface area is 196 Å². The first kappa shape index (κ1) is 26.7. The van der Waals surface area contributed by atoms with Crippen molar-refractivity contribution in [1.29, 1.82) is 0 Å². The minimum atomic E-state index is -4.93. The van der Waals surface area contributed by atoms with E-state index in [0.717, 1.165) is 23.5 Å². The highest BCUT2D eigenvalue weighted by Crippen LogP contribution is 2.39. The highest BCUT2D eigenvalue weighted by molar-refractivity contribution is 6.09. The number of rotatable bonds is 8. The van der Waals surface area contributed by atoms with Crippen molar-refractivity contribution in [2.24, 2.45) is 11.7 Å². The molecule has 0 bridgehead atoms. The van der Waals surface area contributed by atoms with Crippen LogP contribution in [-0.2, 0) is 25.3 Å². The number of morpholine rings is 1. The van der Waals surface area contributed by atoms with Crippen molar-refractivity contribution < 1.29 is 45.5 Å². The van der Waals surface area contributed by atoms with Gasteiger partial charge < -0.3 is 20.7 Å². The van der Waals surface area contributed by atoms with E-state index < -0.39 is 66.2 Å². The monoisotopic (exact) mass is 510 g/mol. The molecule has 1 aliphatic heterocycles. The number of benzene rings is 1. The number of nitrogens with zero attached hydrogens (tertiary/aromatic N) is 2. The predicted octanol–water partition coefficient (Wildman–Crippen LogP) is 2.53. The van der Waals surface area contributed by atoms with E-state index in [1.165, 1.54) is 0 Å². The number of carbonyl (C=O) groups is 3. The molecule has 1 saturated heterocycles. The first-order valence-electron chi connectivity index (χ1n) is 10.8. The molecule has 1 heterocycles. The topological polar surface area (TPSA) is 105 Å². The summed E-state index contributed by atoms with van der Waals surface area (Å²) in [6.45, 7) is -2.29. The summed E-state index contributed by atoms with van der Waals surface area (Å²) in [5.74, 6) is -3.50.